The number of anilines is 1. The van der Waals surface area contributed by atoms with Crippen LogP contribution >= 0.6 is 0 Å². The Balaban J connectivity index is 1.53. The Bertz CT molecular complexity index is 570. The van der Waals surface area contributed by atoms with Gasteiger partial charge in [-0.2, -0.15) is 0 Å². The predicted octanol–water partition coefficient (Wildman–Crippen LogP) is 3.19. The second kappa shape index (κ2) is 4.72. The quantitative estimate of drug-likeness (QED) is 0.872. The van der Waals surface area contributed by atoms with Gasteiger partial charge in [-0.15, -0.1) is 0 Å². The molecule has 2 bridgehead atoms. The Kier molecular flexibility index (Phi) is 2.95. The maximum Gasteiger partial charge on any atom is 0.335 e. The molecule has 0 saturated heterocycles. The highest BCUT2D eigenvalue weighted by molar-refractivity contribution is 5.88. The molecule has 112 valence electrons. The van der Waals surface area contributed by atoms with Gasteiger partial charge in [-0.3, -0.25) is 0 Å². The maximum absolute atomic E-state index is 11.3. The number of pyridine rings is 1. The molecule has 0 spiro atoms. The van der Waals surface area contributed by atoms with Crippen molar-refractivity contribution in [2.24, 2.45) is 23.7 Å². The highest BCUT2D eigenvalue weighted by atomic mass is 16.4. The smallest absolute Gasteiger partial charge is 0.335 e. The van der Waals surface area contributed by atoms with Crippen molar-refractivity contribution in [1.29, 1.82) is 0 Å². The molecule has 4 nitrogen and oxygen atoms in total. The van der Waals surface area contributed by atoms with E-state index in [1.165, 1.54) is 19.3 Å². The number of carboxylic acid groups (broad SMARTS) is 1. The summed E-state index contributed by atoms with van der Waals surface area (Å²) in [4.78, 5) is 15.9. The molecule has 1 heterocycles. The lowest BCUT2D eigenvalue weighted by Crippen LogP contribution is -2.15. The van der Waals surface area contributed by atoms with Crippen molar-refractivity contribution in [3.05, 3.63) is 23.4 Å². The summed E-state index contributed by atoms with van der Waals surface area (Å²) in [7, 11) is 0. The summed E-state index contributed by atoms with van der Waals surface area (Å²) < 4.78 is 0. The highest BCUT2D eigenvalue weighted by Gasteiger charge is 2.65. The van der Waals surface area contributed by atoms with Gasteiger partial charge in [0.05, 0.1) is 5.56 Å². The van der Waals surface area contributed by atoms with Crippen LogP contribution in [0.5, 0.6) is 0 Å². The molecule has 2 N–H and O–H groups in total. The van der Waals surface area contributed by atoms with E-state index in [0.29, 0.717) is 11.6 Å². The van der Waals surface area contributed by atoms with Gasteiger partial charge in [0.1, 0.15) is 5.82 Å². The lowest BCUT2D eigenvalue weighted by molar-refractivity contribution is 0.0696. The third-order valence-electron chi connectivity index (χ3n) is 5.68. The number of carbonyl (C=O) groups is 1. The Morgan fingerprint density at radius 3 is 2.67 bits per heavy atom. The molecule has 4 rings (SSSR count). The standard InChI is InChI=1S/C17H22N2O2/c1-2-3-12-7-11(17(20)21)8-13(18-12)19-16-14-9-4-5-10(6-9)15(14)16/h7-10,14-16H,2-6H2,1H3,(H,18,19)(H,20,21). The number of nitrogens with one attached hydrogen (secondary N) is 1. The molecular weight excluding hydrogens is 264 g/mol. The lowest BCUT2D eigenvalue weighted by atomic mass is 10.0. The summed E-state index contributed by atoms with van der Waals surface area (Å²) in [6.07, 6.45) is 6.03. The molecule has 0 aliphatic heterocycles. The minimum absolute atomic E-state index is 0.352. The minimum Gasteiger partial charge on any atom is -0.478 e. The average Bonchev–Trinajstić information content (AvgIpc) is 2.84. The van der Waals surface area contributed by atoms with Gasteiger partial charge in [0.25, 0.3) is 0 Å². The number of hydrogen-bond donors (Lipinski definition) is 2. The van der Waals surface area contributed by atoms with E-state index >= 15 is 0 Å². The van der Waals surface area contributed by atoms with E-state index in [4.69, 9.17) is 0 Å². The van der Waals surface area contributed by atoms with Crippen LogP contribution in [0.3, 0.4) is 0 Å². The fourth-order valence-electron chi connectivity index (χ4n) is 4.86. The van der Waals surface area contributed by atoms with Crippen LogP contribution in [0.15, 0.2) is 12.1 Å². The summed E-state index contributed by atoms with van der Waals surface area (Å²) in [5.41, 5.74) is 1.23. The van der Waals surface area contributed by atoms with Gasteiger partial charge >= 0.3 is 5.97 Å². The Morgan fingerprint density at radius 2 is 2.05 bits per heavy atom. The van der Waals surface area contributed by atoms with E-state index < -0.39 is 5.97 Å². The Morgan fingerprint density at radius 1 is 1.33 bits per heavy atom. The predicted molar refractivity (Wildman–Crippen MR) is 80.4 cm³/mol. The first-order chi connectivity index (χ1) is 10.2. The number of carboxylic acids is 1. The Hall–Kier alpha value is -1.58. The zero-order valence-corrected chi connectivity index (χ0v) is 12.4. The van der Waals surface area contributed by atoms with E-state index in [1.54, 1.807) is 12.1 Å². The molecule has 3 aliphatic rings. The first-order valence-corrected chi connectivity index (χ1v) is 8.18. The Labute approximate surface area is 125 Å². The molecule has 1 aromatic rings. The van der Waals surface area contributed by atoms with Gasteiger partial charge in [-0.05, 0) is 61.5 Å². The molecule has 3 aliphatic carbocycles. The molecule has 0 radical (unpaired) electrons. The van der Waals surface area contributed by atoms with Crippen molar-refractivity contribution >= 4 is 11.8 Å². The molecule has 4 unspecified atom stereocenters. The molecule has 4 heteroatoms. The second-order valence-corrected chi connectivity index (χ2v) is 6.95. The zero-order chi connectivity index (χ0) is 14.6. The van der Waals surface area contributed by atoms with Crippen molar-refractivity contribution in [3.8, 4) is 0 Å². The molecule has 1 aromatic heterocycles. The number of hydrogen-bond acceptors (Lipinski definition) is 3. The highest BCUT2D eigenvalue weighted by Crippen LogP contribution is 2.66. The van der Waals surface area contributed by atoms with Crippen molar-refractivity contribution in [2.45, 2.75) is 45.1 Å². The lowest BCUT2D eigenvalue weighted by Gasteiger charge is -2.13. The molecule has 0 aromatic carbocycles. The minimum atomic E-state index is -0.867. The van der Waals surface area contributed by atoms with Crippen molar-refractivity contribution in [2.75, 3.05) is 5.32 Å². The number of rotatable bonds is 5. The van der Waals surface area contributed by atoms with E-state index in [2.05, 4.69) is 17.2 Å². The van der Waals surface area contributed by atoms with Crippen LogP contribution in [-0.4, -0.2) is 22.1 Å². The van der Waals surface area contributed by atoms with E-state index in [9.17, 15) is 9.90 Å². The molecule has 0 amide bonds. The van der Waals surface area contributed by atoms with Crippen LogP contribution < -0.4 is 5.32 Å². The molecule has 4 atom stereocenters. The largest absolute Gasteiger partial charge is 0.478 e. The third kappa shape index (κ3) is 2.12. The topological polar surface area (TPSA) is 62.2 Å². The number of nitrogens with zero attached hydrogens (tertiary/aromatic N) is 1. The van der Waals surface area contributed by atoms with Crippen LogP contribution in [0.25, 0.3) is 0 Å². The number of fused-ring (bicyclic) bond motifs is 5. The first-order valence-electron chi connectivity index (χ1n) is 8.18. The van der Waals surface area contributed by atoms with Crippen molar-refractivity contribution in [1.82, 2.24) is 4.98 Å². The summed E-state index contributed by atoms with van der Waals surface area (Å²) in [5, 5.41) is 12.8. The van der Waals surface area contributed by atoms with Crippen LogP contribution in [0.4, 0.5) is 5.82 Å². The number of aryl methyl sites for hydroxylation is 1. The summed E-state index contributed by atoms with van der Waals surface area (Å²) in [5.74, 6) is 3.37. The molecule has 21 heavy (non-hydrogen) atoms. The SMILES string of the molecule is CCCc1cc(C(=O)O)cc(NC2C3C4CCC(C4)C23)n1. The van der Waals surface area contributed by atoms with Crippen LogP contribution in [0, 0.1) is 23.7 Å². The first kappa shape index (κ1) is 13.1. The van der Waals surface area contributed by atoms with E-state index in [-0.39, 0.29) is 0 Å². The monoisotopic (exact) mass is 286 g/mol. The molecular formula is C17H22N2O2. The fourth-order valence-corrected chi connectivity index (χ4v) is 4.86. The average molecular weight is 286 g/mol. The molecule has 3 saturated carbocycles. The van der Waals surface area contributed by atoms with Gasteiger partial charge < -0.3 is 10.4 Å². The van der Waals surface area contributed by atoms with Gasteiger partial charge in [-0.25, -0.2) is 9.78 Å². The van der Waals surface area contributed by atoms with Gasteiger partial charge in [0.2, 0.25) is 0 Å². The summed E-state index contributed by atoms with van der Waals surface area (Å²) in [6.45, 7) is 2.09. The van der Waals surface area contributed by atoms with Crippen LogP contribution in [0.2, 0.25) is 0 Å². The van der Waals surface area contributed by atoms with E-state index in [1.807, 2.05) is 0 Å². The van der Waals surface area contributed by atoms with Crippen LogP contribution in [-0.2, 0) is 6.42 Å². The molecule has 3 fully saturated rings. The van der Waals surface area contributed by atoms with Gasteiger partial charge in [0, 0.05) is 11.7 Å². The number of aromatic carboxylic acids is 1. The van der Waals surface area contributed by atoms with Crippen molar-refractivity contribution < 1.29 is 9.90 Å². The second-order valence-electron chi connectivity index (χ2n) is 6.95. The normalized spacial score (nSPS) is 35.6. The van der Waals surface area contributed by atoms with E-state index in [0.717, 1.165) is 48.0 Å². The maximum atomic E-state index is 11.3. The van der Waals surface area contributed by atoms with Gasteiger partial charge in [-0.1, -0.05) is 13.3 Å². The zero-order valence-electron chi connectivity index (χ0n) is 12.4. The van der Waals surface area contributed by atoms with Crippen LogP contribution in [0.1, 0.15) is 48.7 Å². The summed E-state index contributed by atoms with van der Waals surface area (Å²) >= 11 is 0. The summed E-state index contributed by atoms with van der Waals surface area (Å²) in [6, 6.07) is 3.94. The van der Waals surface area contributed by atoms with Crippen molar-refractivity contribution in [3.63, 3.8) is 0 Å². The van der Waals surface area contributed by atoms with Gasteiger partial charge in [0.15, 0.2) is 0 Å². The number of aromatic nitrogens is 1. The fraction of sp³-hybridized carbons (Fsp3) is 0.647. The third-order valence-corrected chi connectivity index (χ3v) is 5.68.